The zero-order valence-electron chi connectivity index (χ0n) is 9.16. The van der Waals surface area contributed by atoms with Crippen LogP contribution in [0.15, 0.2) is 24.3 Å². The molecule has 0 radical (unpaired) electrons. The van der Waals surface area contributed by atoms with E-state index in [2.05, 4.69) is 5.32 Å². The van der Waals surface area contributed by atoms with Gasteiger partial charge in [-0.3, -0.25) is 4.79 Å². The highest BCUT2D eigenvalue weighted by Crippen LogP contribution is 2.45. The topological polar surface area (TPSA) is 55.1 Å². The van der Waals surface area contributed by atoms with Crippen LogP contribution in [0, 0.1) is 5.82 Å². The summed E-state index contributed by atoms with van der Waals surface area (Å²) in [4.78, 5) is 11.5. The monoisotopic (exact) mass is 222 g/mol. The van der Waals surface area contributed by atoms with Gasteiger partial charge in [-0.2, -0.15) is 0 Å². The van der Waals surface area contributed by atoms with Gasteiger partial charge in [0.25, 0.3) is 0 Å². The van der Waals surface area contributed by atoms with Gasteiger partial charge in [-0.1, -0.05) is 12.1 Å². The summed E-state index contributed by atoms with van der Waals surface area (Å²) < 4.78 is 12.8. The third kappa shape index (κ3) is 2.07. The van der Waals surface area contributed by atoms with Crippen molar-refractivity contribution >= 4 is 5.91 Å². The first-order chi connectivity index (χ1) is 7.53. The second-order valence-electron chi connectivity index (χ2n) is 4.37. The van der Waals surface area contributed by atoms with Crippen LogP contribution in [0.3, 0.4) is 0 Å². The van der Waals surface area contributed by atoms with E-state index in [0.717, 1.165) is 18.4 Å². The maximum atomic E-state index is 12.8. The fourth-order valence-electron chi connectivity index (χ4n) is 1.73. The summed E-state index contributed by atoms with van der Waals surface area (Å²) in [5.74, 6) is -0.431. The van der Waals surface area contributed by atoms with Gasteiger partial charge < -0.3 is 11.1 Å². The second-order valence-corrected chi connectivity index (χ2v) is 4.37. The molecule has 1 amide bonds. The van der Waals surface area contributed by atoms with E-state index in [-0.39, 0.29) is 17.3 Å². The third-order valence-electron chi connectivity index (χ3n) is 2.92. The molecule has 2 rings (SSSR count). The second kappa shape index (κ2) is 3.87. The molecule has 16 heavy (non-hydrogen) atoms. The molecule has 1 unspecified atom stereocenters. The van der Waals surface area contributed by atoms with Crippen LogP contribution >= 0.6 is 0 Å². The van der Waals surface area contributed by atoms with E-state index in [1.807, 2.05) is 0 Å². The Labute approximate surface area is 93.8 Å². The average molecular weight is 222 g/mol. The number of hydrogen-bond acceptors (Lipinski definition) is 2. The summed E-state index contributed by atoms with van der Waals surface area (Å²) in [5, 5.41) is 2.92. The number of amides is 1. The summed E-state index contributed by atoms with van der Waals surface area (Å²) in [6.07, 6.45) is 1.77. The van der Waals surface area contributed by atoms with Gasteiger partial charge in [-0.15, -0.1) is 0 Å². The van der Waals surface area contributed by atoms with Gasteiger partial charge in [-0.25, -0.2) is 4.39 Å². The minimum absolute atomic E-state index is 0.165. The van der Waals surface area contributed by atoms with Crippen molar-refractivity contribution in [3.8, 4) is 0 Å². The molecule has 0 bridgehead atoms. The minimum atomic E-state index is -0.516. The normalized spacial score (nSPS) is 18.9. The molecule has 1 saturated carbocycles. The van der Waals surface area contributed by atoms with Crippen molar-refractivity contribution in [3.05, 3.63) is 35.6 Å². The van der Waals surface area contributed by atoms with E-state index in [1.54, 1.807) is 19.1 Å². The SMILES string of the molecule is CC(N)C(=O)NC1(c2ccc(F)cc2)CC1. The number of benzene rings is 1. The molecule has 1 aromatic carbocycles. The number of rotatable bonds is 3. The van der Waals surface area contributed by atoms with E-state index in [1.165, 1.54) is 12.1 Å². The Balaban J connectivity index is 2.14. The quantitative estimate of drug-likeness (QED) is 0.809. The molecule has 0 aliphatic heterocycles. The lowest BCUT2D eigenvalue weighted by Crippen LogP contribution is -2.44. The fraction of sp³-hybridized carbons (Fsp3) is 0.417. The third-order valence-corrected chi connectivity index (χ3v) is 2.92. The van der Waals surface area contributed by atoms with Gasteiger partial charge in [-0.05, 0) is 37.5 Å². The average Bonchev–Trinajstić information content (AvgIpc) is 2.99. The molecular formula is C12H15FN2O. The van der Waals surface area contributed by atoms with Crippen molar-refractivity contribution in [1.29, 1.82) is 0 Å². The predicted molar refractivity (Wildman–Crippen MR) is 59.1 cm³/mol. The number of halogens is 1. The smallest absolute Gasteiger partial charge is 0.237 e. The van der Waals surface area contributed by atoms with Gasteiger partial charge in [0.2, 0.25) is 5.91 Å². The van der Waals surface area contributed by atoms with Crippen molar-refractivity contribution in [3.63, 3.8) is 0 Å². The predicted octanol–water partition coefficient (Wildman–Crippen LogP) is 1.28. The van der Waals surface area contributed by atoms with Crippen molar-refractivity contribution in [1.82, 2.24) is 5.32 Å². The first-order valence-corrected chi connectivity index (χ1v) is 5.37. The highest BCUT2D eigenvalue weighted by molar-refractivity contribution is 5.82. The van der Waals surface area contributed by atoms with Crippen molar-refractivity contribution in [2.24, 2.45) is 5.73 Å². The Morgan fingerprint density at radius 3 is 2.44 bits per heavy atom. The molecule has 4 heteroatoms. The van der Waals surface area contributed by atoms with Gasteiger partial charge in [0.1, 0.15) is 5.82 Å². The van der Waals surface area contributed by atoms with Crippen molar-refractivity contribution < 1.29 is 9.18 Å². The standard InChI is InChI=1S/C12H15FN2O/c1-8(14)11(16)15-12(6-7-12)9-2-4-10(13)5-3-9/h2-5,8H,6-7,14H2,1H3,(H,15,16). The summed E-state index contributed by atoms with van der Waals surface area (Å²) >= 11 is 0. The Morgan fingerprint density at radius 2 is 2.00 bits per heavy atom. The van der Waals surface area contributed by atoms with Gasteiger partial charge in [0.05, 0.1) is 11.6 Å². The molecular weight excluding hydrogens is 207 g/mol. The first kappa shape index (κ1) is 11.1. The molecule has 1 aromatic rings. The summed E-state index contributed by atoms with van der Waals surface area (Å²) in [5.41, 5.74) is 6.14. The summed E-state index contributed by atoms with van der Waals surface area (Å²) in [7, 11) is 0. The molecule has 1 aliphatic rings. The number of carbonyl (C=O) groups excluding carboxylic acids is 1. The lowest BCUT2D eigenvalue weighted by molar-refractivity contribution is -0.123. The van der Waals surface area contributed by atoms with E-state index in [0.29, 0.717) is 0 Å². The molecule has 3 nitrogen and oxygen atoms in total. The molecule has 0 heterocycles. The Kier molecular flexibility index (Phi) is 2.68. The maximum absolute atomic E-state index is 12.8. The number of nitrogens with one attached hydrogen (secondary N) is 1. The molecule has 0 saturated heterocycles. The van der Waals surface area contributed by atoms with Gasteiger partial charge >= 0.3 is 0 Å². The summed E-state index contributed by atoms with van der Waals surface area (Å²) in [6.45, 7) is 1.65. The van der Waals surface area contributed by atoms with E-state index >= 15 is 0 Å². The molecule has 3 N–H and O–H groups in total. The number of carbonyl (C=O) groups is 1. The molecule has 1 fully saturated rings. The van der Waals surface area contributed by atoms with Crippen LogP contribution in [0.4, 0.5) is 4.39 Å². The fourth-order valence-corrected chi connectivity index (χ4v) is 1.73. The zero-order chi connectivity index (χ0) is 11.8. The lowest BCUT2D eigenvalue weighted by atomic mass is 10.0. The van der Waals surface area contributed by atoms with Crippen molar-refractivity contribution in [2.75, 3.05) is 0 Å². The molecule has 86 valence electrons. The van der Waals surface area contributed by atoms with Crippen LogP contribution < -0.4 is 11.1 Å². The maximum Gasteiger partial charge on any atom is 0.237 e. The molecule has 0 spiro atoms. The Morgan fingerprint density at radius 1 is 1.44 bits per heavy atom. The highest BCUT2D eigenvalue weighted by Gasteiger charge is 2.45. The Bertz CT molecular complexity index is 396. The van der Waals surface area contributed by atoms with Crippen LogP contribution in [0.25, 0.3) is 0 Å². The lowest BCUT2D eigenvalue weighted by Gasteiger charge is -2.19. The highest BCUT2D eigenvalue weighted by atomic mass is 19.1. The minimum Gasteiger partial charge on any atom is -0.345 e. The van der Waals surface area contributed by atoms with Crippen LogP contribution in [0.1, 0.15) is 25.3 Å². The number of nitrogens with two attached hydrogens (primary N) is 1. The van der Waals surface area contributed by atoms with Gasteiger partial charge in [0.15, 0.2) is 0 Å². The zero-order valence-corrected chi connectivity index (χ0v) is 9.16. The van der Waals surface area contributed by atoms with Crippen LogP contribution in [0.5, 0.6) is 0 Å². The summed E-state index contributed by atoms with van der Waals surface area (Å²) in [6, 6.07) is 5.73. The first-order valence-electron chi connectivity index (χ1n) is 5.37. The van der Waals surface area contributed by atoms with E-state index in [9.17, 15) is 9.18 Å². The van der Waals surface area contributed by atoms with E-state index in [4.69, 9.17) is 5.73 Å². The van der Waals surface area contributed by atoms with Crippen LogP contribution in [0.2, 0.25) is 0 Å². The van der Waals surface area contributed by atoms with Crippen LogP contribution in [-0.2, 0) is 10.3 Å². The van der Waals surface area contributed by atoms with Crippen molar-refractivity contribution in [2.45, 2.75) is 31.3 Å². The largest absolute Gasteiger partial charge is 0.345 e. The molecule has 1 atom stereocenters. The van der Waals surface area contributed by atoms with E-state index < -0.39 is 6.04 Å². The number of hydrogen-bond donors (Lipinski definition) is 2. The van der Waals surface area contributed by atoms with Crippen LogP contribution in [-0.4, -0.2) is 11.9 Å². The molecule has 0 aromatic heterocycles. The Hall–Kier alpha value is -1.42. The van der Waals surface area contributed by atoms with Gasteiger partial charge in [0, 0.05) is 0 Å². The molecule has 1 aliphatic carbocycles.